The van der Waals surface area contributed by atoms with E-state index in [0.717, 1.165) is 0 Å². The van der Waals surface area contributed by atoms with Gasteiger partial charge in [-0.25, -0.2) is 0 Å². The van der Waals surface area contributed by atoms with Crippen LogP contribution in [0.25, 0.3) is 0 Å². The summed E-state index contributed by atoms with van der Waals surface area (Å²) >= 11 is 29.7. The molecule has 0 aliphatic carbocycles. The van der Waals surface area contributed by atoms with Gasteiger partial charge in [0.05, 0.1) is 34.0 Å². The molecule has 0 aliphatic rings. The zero-order chi connectivity index (χ0) is 23.7. The third-order valence-electron chi connectivity index (χ3n) is 4.17. The van der Waals surface area contributed by atoms with E-state index in [0.29, 0.717) is 0 Å². The molecule has 13 heteroatoms. The molecular formula is C18H22Cl5NO7. The highest BCUT2D eigenvalue weighted by Gasteiger charge is 2.30. The summed E-state index contributed by atoms with van der Waals surface area (Å²) < 4.78 is 26.1. The van der Waals surface area contributed by atoms with E-state index in [1.807, 2.05) is 0 Å². The van der Waals surface area contributed by atoms with E-state index in [-0.39, 0.29) is 56.9 Å². The summed E-state index contributed by atoms with van der Waals surface area (Å²) in [6.45, 7) is 0.0430. The van der Waals surface area contributed by atoms with Crippen molar-refractivity contribution in [2.75, 3.05) is 34.5 Å². The van der Waals surface area contributed by atoms with E-state index >= 15 is 0 Å². The standard InChI is InChI=1S/C18H22Cl5NO7/c1-27-8(6-24)17(29-3)9(28-2)7-30-10(25)4-5-11(26)31-18-15(22)13(20)12(19)14(21)16(18)23/h8-9,17H,4-7,24H2,1-3H3/t8-,9-,17+/m0/s1. The quantitative estimate of drug-likeness (QED) is 0.182. The lowest BCUT2D eigenvalue weighted by atomic mass is 10.1. The van der Waals surface area contributed by atoms with E-state index in [1.54, 1.807) is 0 Å². The summed E-state index contributed by atoms with van der Waals surface area (Å²) in [4.78, 5) is 24.1. The number of carbonyl (C=O) groups excluding carboxylic acids is 2. The van der Waals surface area contributed by atoms with Crippen molar-refractivity contribution in [2.24, 2.45) is 5.73 Å². The van der Waals surface area contributed by atoms with Crippen LogP contribution in [0.4, 0.5) is 0 Å². The minimum Gasteiger partial charge on any atom is -0.463 e. The summed E-state index contributed by atoms with van der Waals surface area (Å²) in [7, 11) is 4.37. The fourth-order valence-corrected chi connectivity index (χ4v) is 3.69. The number of benzene rings is 1. The first kappa shape index (κ1) is 28.5. The molecule has 0 saturated heterocycles. The highest BCUT2D eigenvalue weighted by atomic mass is 35.5. The Morgan fingerprint density at radius 1 is 0.774 bits per heavy atom. The van der Waals surface area contributed by atoms with Crippen molar-refractivity contribution < 1.29 is 33.3 Å². The maximum Gasteiger partial charge on any atom is 0.311 e. The monoisotopic (exact) mass is 539 g/mol. The van der Waals surface area contributed by atoms with Crippen LogP contribution < -0.4 is 10.5 Å². The van der Waals surface area contributed by atoms with Crippen LogP contribution in [0.1, 0.15) is 12.8 Å². The topological polar surface area (TPSA) is 106 Å². The lowest BCUT2D eigenvalue weighted by molar-refractivity contribution is -0.158. The SMILES string of the molecule is CO[C@H]([C@H](CN)OC)[C@H](COC(=O)CCC(=O)Oc1c(Cl)c(Cl)c(Cl)c(Cl)c1Cl)OC. The van der Waals surface area contributed by atoms with Crippen LogP contribution in [0, 0.1) is 0 Å². The zero-order valence-electron chi connectivity index (χ0n) is 16.9. The Morgan fingerprint density at radius 2 is 1.26 bits per heavy atom. The normalized spacial score (nSPS) is 14.1. The summed E-state index contributed by atoms with van der Waals surface area (Å²) in [5.41, 5.74) is 5.64. The van der Waals surface area contributed by atoms with Gasteiger partial charge in [0, 0.05) is 27.9 Å². The molecule has 0 spiro atoms. The van der Waals surface area contributed by atoms with Gasteiger partial charge in [-0.1, -0.05) is 58.0 Å². The highest BCUT2D eigenvalue weighted by Crippen LogP contribution is 2.48. The summed E-state index contributed by atoms with van der Waals surface area (Å²) in [5, 5.41) is -0.680. The molecule has 176 valence electrons. The van der Waals surface area contributed by atoms with Gasteiger partial charge in [0.2, 0.25) is 0 Å². The minimum absolute atomic E-state index is 0.0749. The first-order valence-electron chi connectivity index (χ1n) is 8.78. The van der Waals surface area contributed by atoms with E-state index in [2.05, 4.69) is 0 Å². The lowest BCUT2D eigenvalue weighted by Crippen LogP contribution is -2.47. The number of nitrogens with two attached hydrogens (primary N) is 1. The number of hydrogen-bond donors (Lipinski definition) is 1. The molecule has 1 aromatic rings. The van der Waals surface area contributed by atoms with Gasteiger partial charge < -0.3 is 29.4 Å². The van der Waals surface area contributed by atoms with Crippen LogP contribution in [0.2, 0.25) is 25.1 Å². The number of carbonyl (C=O) groups is 2. The van der Waals surface area contributed by atoms with E-state index < -0.39 is 30.3 Å². The van der Waals surface area contributed by atoms with Gasteiger partial charge >= 0.3 is 11.9 Å². The van der Waals surface area contributed by atoms with Crippen molar-refractivity contribution in [3.8, 4) is 5.75 Å². The van der Waals surface area contributed by atoms with Crippen LogP contribution in [-0.2, 0) is 28.5 Å². The maximum atomic E-state index is 12.1. The second-order valence-electron chi connectivity index (χ2n) is 6.04. The molecule has 0 bridgehead atoms. The van der Waals surface area contributed by atoms with E-state index in [4.69, 9.17) is 87.4 Å². The van der Waals surface area contributed by atoms with Crippen molar-refractivity contribution in [1.82, 2.24) is 0 Å². The van der Waals surface area contributed by atoms with Crippen LogP contribution in [-0.4, -0.2) is 64.7 Å². The largest absolute Gasteiger partial charge is 0.463 e. The molecule has 0 radical (unpaired) electrons. The summed E-state index contributed by atoms with van der Waals surface area (Å²) in [5.74, 6) is -1.73. The molecule has 1 rings (SSSR count). The molecule has 0 fully saturated rings. The van der Waals surface area contributed by atoms with Crippen molar-refractivity contribution in [3.63, 3.8) is 0 Å². The first-order valence-corrected chi connectivity index (χ1v) is 10.7. The van der Waals surface area contributed by atoms with Crippen LogP contribution >= 0.6 is 58.0 Å². The van der Waals surface area contributed by atoms with Gasteiger partial charge in [0.25, 0.3) is 0 Å². The zero-order valence-corrected chi connectivity index (χ0v) is 20.7. The summed E-state index contributed by atoms with van der Waals surface area (Å²) in [6, 6.07) is 0. The van der Waals surface area contributed by atoms with Crippen molar-refractivity contribution in [2.45, 2.75) is 31.2 Å². The molecule has 0 saturated carbocycles. The Labute approximate surface area is 205 Å². The molecule has 31 heavy (non-hydrogen) atoms. The van der Waals surface area contributed by atoms with Gasteiger partial charge in [-0.15, -0.1) is 0 Å². The molecule has 0 aliphatic heterocycles. The van der Waals surface area contributed by atoms with Gasteiger partial charge in [-0.3, -0.25) is 9.59 Å². The Kier molecular flexibility index (Phi) is 12.7. The van der Waals surface area contributed by atoms with E-state index in [1.165, 1.54) is 21.3 Å². The van der Waals surface area contributed by atoms with Gasteiger partial charge in [-0.2, -0.15) is 0 Å². The molecule has 1 aromatic carbocycles. The lowest BCUT2D eigenvalue weighted by Gasteiger charge is -2.29. The number of esters is 2. The molecule has 3 atom stereocenters. The number of rotatable bonds is 12. The molecule has 8 nitrogen and oxygen atoms in total. The number of hydrogen-bond acceptors (Lipinski definition) is 8. The predicted molar refractivity (Wildman–Crippen MR) is 119 cm³/mol. The van der Waals surface area contributed by atoms with Gasteiger partial charge in [-0.05, 0) is 0 Å². The number of halogens is 5. The molecular weight excluding hydrogens is 519 g/mol. The fourth-order valence-electron chi connectivity index (χ4n) is 2.50. The average Bonchev–Trinajstić information content (AvgIpc) is 2.77. The minimum atomic E-state index is -0.809. The second kappa shape index (κ2) is 13.9. The van der Waals surface area contributed by atoms with Crippen LogP contribution in [0.15, 0.2) is 0 Å². The van der Waals surface area contributed by atoms with Gasteiger partial charge in [0.15, 0.2) is 5.75 Å². The Balaban J connectivity index is 2.64. The first-order chi connectivity index (χ1) is 14.6. The highest BCUT2D eigenvalue weighted by molar-refractivity contribution is 6.55. The van der Waals surface area contributed by atoms with Crippen LogP contribution in [0.5, 0.6) is 5.75 Å². The third-order valence-corrected chi connectivity index (χ3v) is 6.41. The molecule has 0 amide bonds. The molecule has 0 unspecified atom stereocenters. The maximum absolute atomic E-state index is 12.1. The predicted octanol–water partition coefficient (Wildman–Crippen LogP) is 4.19. The third kappa shape index (κ3) is 7.77. The Bertz CT molecular complexity index is 747. The number of ether oxygens (including phenoxy) is 5. The average molecular weight is 542 g/mol. The fraction of sp³-hybridized carbons (Fsp3) is 0.556. The van der Waals surface area contributed by atoms with Crippen molar-refractivity contribution >= 4 is 69.9 Å². The smallest absolute Gasteiger partial charge is 0.311 e. The van der Waals surface area contributed by atoms with Crippen molar-refractivity contribution in [3.05, 3.63) is 25.1 Å². The van der Waals surface area contributed by atoms with E-state index in [9.17, 15) is 9.59 Å². The Morgan fingerprint density at radius 3 is 1.71 bits per heavy atom. The second-order valence-corrected chi connectivity index (χ2v) is 7.93. The molecule has 0 heterocycles. The van der Waals surface area contributed by atoms with Crippen LogP contribution in [0.3, 0.4) is 0 Å². The van der Waals surface area contributed by atoms with Crippen molar-refractivity contribution in [1.29, 1.82) is 0 Å². The molecule has 2 N–H and O–H groups in total. The van der Waals surface area contributed by atoms with Gasteiger partial charge in [0.1, 0.15) is 28.9 Å². The Hall–Kier alpha value is -0.550. The molecule has 0 aromatic heterocycles. The number of methoxy groups -OCH3 is 3. The summed E-state index contributed by atoms with van der Waals surface area (Å²) in [6.07, 6.45) is -2.26.